The van der Waals surface area contributed by atoms with Crippen molar-refractivity contribution in [3.63, 3.8) is 0 Å². The summed E-state index contributed by atoms with van der Waals surface area (Å²) >= 11 is 5.93. The average molecular weight is 268 g/mol. The van der Waals surface area contributed by atoms with Crippen LogP contribution in [0.2, 0.25) is 5.02 Å². The summed E-state index contributed by atoms with van der Waals surface area (Å²) in [6.07, 6.45) is 1.46. The van der Waals surface area contributed by atoms with Gasteiger partial charge in [0.15, 0.2) is 14.9 Å². The van der Waals surface area contributed by atoms with E-state index in [1.165, 1.54) is 12.3 Å². The maximum atomic E-state index is 12.0. The predicted octanol–water partition coefficient (Wildman–Crippen LogP) is 2.71. The zero-order valence-corrected chi connectivity index (χ0v) is 10.4. The van der Waals surface area contributed by atoms with E-state index in [1.54, 1.807) is 36.4 Å². The molecular formula is C12H10ClNO2S. The normalized spacial score (nSPS) is 11.4. The molecule has 0 aliphatic rings. The number of aromatic nitrogens is 1. The first-order valence-corrected chi connectivity index (χ1v) is 7.00. The molecule has 0 saturated carbocycles. The molecule has 2 rings (SSSR count). The highest BCUT2D eigenvalue weighted by Crippen LogP contribution is 2.20. The van der Waals surface area contributed by atoms with Crippen LogP contribution in [0.3, 0.4) is 0 Å². The quantitative estimate of drug-likeness (QED) is 0.859. The molecule has 0 unspecified atom stereocenters. The molecule has 0 bridgehead atoms. The van der Waals surface area contributed by atoms with Crippen LogP contribution in [0.15, 0.2) is 53.7 Å². The molecule has 1 heterocycles. The molecule has 0 fully saturated rings. The number of rotatable bonds is 3. The number of pyridine rings is 1. The van der Waals surface area contributed by atoms with Gasteiger partial charge in [-0.15, -0.1) is 0 Å². The molecule has 5 heteroatoms. The SMILES string of the molecule is O=S(=O)(Cc1ccccc1Cl)c1ccccn1. The molecule has 88 valence electrons. The van der Waals surface area contributed by atoms with Gasteiger partial charge in [0.25, 0.3) is 0 Å². The first-order valence-electron chi connectivity index (χ1n) is 4.97. The molecule has 1 aromatic carbocycles. The van der Waals surface area contributed by atoms with Gasteiger partial charge in [0.2, 0.25) is 0 Å². The van der Waals surface area contributed by atoms with Crippen molar-refractivity contribution in [2.75, 3.05) is 0 Å². The van der Waals surface area contributed by atoms with Gasteiger partial charge < -0.3 is 0 Å². The molecule has 3 nitrogen and oxygen atoms in total. The second kappa shape index (κ2) is 4.85. The third-order valence-corrected chi connectivity index (χ3v) is 4.20. The first kappa shape index (κ1) is 12.1. The monoisotopic (exact) mass is 267 g/mol. The Hall–Kier alpha value is -1.39. The van der Waals surface area contributed by atoms with E-state index >= 15 is 0 Å². The van der Waals surface area contributed by atoms with E-state index in [2.05, 4.69) is 4.98 Å². The van der Waals surface area contributed by atoms with Crippen LogP contribution < -0.4 is 0 Å². The number of nitrogens with zero attached hydrogens (tertiary/aromatic N) is 1. The molecule has 1 aromatic heterocycles. The van der Waals surface area contributed by atoms with E-state index in [0.29, 0.717) is 10.6 Å². The summed E-state index contributed by atoms with van der Waals surface area (Å²) < 4.78 is 24.1. The van der Waals surface area contributed by atoms with Crippen LogP contribution in [-0.2, 0) is 15.6 Å². The Balaban J connectivity index is 2.34. The third-order valence-electron chi connectivity index (χ3n) is 2.26. The van der Waals surface area contributed by atoms with E-state index in [-0.39, 0.29) is 10.8 Å². The molecule has 0 spiro atoms. The summed E-state index contributed by atoms with van der Waals surface area (Å²) in [5, 5.41) is 0.520. The van der Waals surface area contributed by atoms with Gasteiger partial charge in [0.1, 0.15) is 0 Å². The molecule has 2 aromatic rings. The van der Waals surface area contributed by atoms with Crippen LogP contribution in [0.5, 0.6) is 0 Å². The topological polar surface area (TPSA) is 47.0 Å². The van der Waals surface area contributed by atoms with E-state index in [0.717, 1.165) is 0 Å². The highest BCUT2D eigenvalue weighted by Gasteiger charge is 2.17. The lowest BCUT2D eigenvalue weighted by molar-refractivity contribution is 0.591. The molecule has 0 saturated heterocycles. The van der Waals surface area contributed by atoms with Crippen molar-refractivity contribution >= 4 is 21.4 Å². The lowest BCUT2D eigenvalue weighted by Crippen LogP contribution is -2.07. The van der Waals surface area contributed by atoms with E-state index in [9.17, 15) is 8.42 Å². The largest absolute Gasteiger partial charge is 0.245 e. The van der Waals surface area contributed by atoms with E-state index in [1.807, 2.05) is 0 Å². The van der Waals surface area contributed by atoms with Gasteiger partial charge in [0, 0.05) is 11.2 Å². The summed E-state index contributed by atoms with van der Waals surface area (Å²) in [6, 6.07) is 11.7. The highest BCUT2D eigenvalue weighted by atomic mass is 35.5. The molecule has 17 heavy (non-hydrogen) atoms. The van der Waals surface area contributed by atoms with Crippen molar-refractivity contribution in [1.29, 1.82) is 0 Å². The van der Waals surface area contributed by atoms with Gasteiger partial charge in [-0.1, -0.05) is 35.9 Å². The fraction of sp³-hybridized carbons (Fsp3) is 0.0833. The third kappa shape index (κ3) is 2.84. The summed E-state index contributed by atoms with van der Waals surface area (Å²) in [4.78, 5) is 3.85. The first-order chi connectivity index (χ1) is 8.09. The van der Waals surface area contributed by atoms with Crippen molar-refractivity contribution in [2.24, 2.45) is 0 Å². The molecule has 0 aliphatic heterocycles. The summed E-state index contributed by atoms with van der Waals surface area (Å²) in [5.74, 6) is -0.135. The second-order valence-corrected chi connectivity index (χ2v) is 5.86. The van der Waals surface area contributed by atoms with Gasteiger partial charge in [-0.3, -0.25) is 0 Å². The smallest absolute Gasteiger partial charge is 0.199 e. The highest BCUT2D eigenvalue weighted by molar-refractivity contribution is 7.90. The Morgan fingerprint density at radius 3 is 2.41 bits per heavy atom. The van der Waals surface area contributed by atoms with Crippen LogP contribution in [-0.4, -0.2) is 13.4 Å². The van der Waals surface area contributed by atoms with Gasteiger partial charge in [-0.25, -0.2) is 13.4 Å². The van der Waals surface area contributed by atoms with Gasteiger partial charge in [0.05, 0.1) is 5.75 Å². The Morgan fingerprint density at radius 1 is 1.06 bits per heavy atom. The molecule has 0 atom stereocenters. The molecular weight excluding hydrogens is 258 g/mol. The van der Waals surface area contributed by atoms with Crippen LogP contribution >= 0.6 is 11.6 Å². The van der Waals surface area contributed by atoms with Crippen molar-refractivity contribution in [3.05, 3.63) is 59.2 Å². The maximum Gasteiger partial charge on any atom is 0.199 e. The van der Waals surface area contributed by atoms with Crippen molar-refractivity contribution in [2.45, 2.75) is 10.8 Å². The number of sulfone groups is 1. The summed E-state index contributed by atoms with van der Waals surface area (Å²) in [6.45, 7) is 0. The average Bonchev–Trinajstić information content (AvgIpc) is 2.33. The fourth-order valence-electron chi connectivity index (χ4n) is 1.43. The van der Waals surface area contributed by atoms with Crippen LogP contribution in [0.4, 0.5) is 0 Å². The van der Waals surface area contributed by atoms with Gasteiger partial charge >= 0.3 is 0 Å². The number of hydrogen-bond donors (Lipinski definition) is 0. The van der Waals surface area contributed by atoms with Crippen LogP contribution in [0.25, 0.3) is 0 Å². The Kier molecular flexibility index (Phi) is 3.45. The number of hydrogen-bond acceptors (Lipinski definition) is 3. The summed E-state index contributed by atoms with van der Waals surface area (Å²) in [5.41, 5.74) is 0.583. The zero-order valence-electron chi connectivity index (χ0n) is 8.88. The van der Waals surface area contributed by atoms with Crippen molar-refractivity contribution in [1.82, 2.24) is 4.98 Å². The Morgan fingerprint density at radius 2 is 1.76 bits per heavy atom. The second-order valence-electron chi connectivity index (χ2n) is 3.52. The van der Waals surface area contributed by atoms with Gasteiger partial charge in [-0.05, 0) is 23.8 Å². The number of halogens is 1. The summed E-state index contributed by atoms with van der Waals surface area (Å²) in [7, 11) is -3.43. The minimum atomic E-state index is -3.43. The standard InChI is InChI=1S/C12H10ClNO2S/c13-11-6-2-1-5-10(11)9-17(15,16)12-7-3-4-8-14-12/h1-8H,9H2. The minimum absolute atomic E-state index is 0.0694. The van der Waals surface area contributed by atoms with Crippen LogP contribution in [0.1, 0.15) is 5.56 Å². The lowest BCUT2D eigenvalue weighted by atomic mass is 10.2. The molecule has 0 radical (unpaired) electrons. The van der Waals surface area contributed by atoms with Crippen LogP contribution in [0, 0.1) is 0 Å². The van der Waals surface area contributed by atoms with Gasteiger partial charge in [-0.2, -0.15) is 0 Å². The van der Waals surface area contributed by atoms with Crippen molar-refractivity contribution < 1.29 is 8.42 Å². The predicted molar refractivity (Wildman–Crippen MR) is 66.6 cm³/mol. The Bertz CT molecular complexity index is 611. The number of benzene rings is 1. The Labute approximate surface area is 105 Å². The van der Waals surface area contributed by atoms with E-state index < -0.39 is 9.84 Å². The zero-order chi connectivity index (χ0) is 12.3. The lowest BCUT2D eigenvalue weighted by Gasteiger charge is -2.05. The van der Waals surface area contributed by atoms with E-state index in [4.69, 9.17) is 11.6 Å². The molecule has 0 aliphatic carbocycles. The molecule has 0 amide bonds. The van der Waals surface area contributed by atoms with Crippen molar-refractivity contribution in [3.8, 4) is 0 Å². The maximum absolute atomic E-state index is 12.0. The molecule has 0 N–H and O–H groups in total. The minimum Gasteiger partial charge on any atom is -0.245 e. The fourth-order valence-corrected chi connectivity index (χ4v) is 3.02.